The second-order valence-electron chi connectivity index (χ2n) is 4.63. The molecule has 2 rings (SSSR count). The van der Waals surface area contributed by atoms with E-state index in [0.29, 0.717) is 11.3 Å². The molecule has 1 aliphatic carbocycles. The van der Waals surface area contributed by atoms with Gasteiger partial charge < -0.3 is 15.4 Å². The van der Waals surface area contributed by atoms with Crippen molar-refractivity contribution in [3.05, 3.63) is 23.8 Å². The minimum absolute atomic E-state index is 0.109. The fourth-order valence-corrected chi connectivity index (χ4v) is 1.80. The maximum absolute atomic E-state index is 11.8. The van der Waals surface area contributed by atoms with Gasteiger partial charge in [-0.3, -0.25) is 0 Å². The van der Waals surface area contributed by atoms with Crippen molar-refractivity contribution in [2.24, 2.45) is 0 Å². The highest BCUT2D eigenvalue weighted by atomic mass is 16.5. The van der Waals surface area contributed by atoms with Gasteiger partial charge in [0, 0.05) is 14.1 Å². The Bertz CT molecular complexity index is 425. The fraction of sp³-hybridized carbons (Fsp3) is 0.462. The summed E-state index contributed by atoms with van der Waals surface area (Å²) in [7, 11) is 3.83. The Balaban J connectivity index is 2.10. The van der Waals surface area contributed by atoms with E-state index < -0.39 is 0 Å². The Kier molecular flexibility index (Phi) is 3.22. The molecule has 0 bridgehead atoms. The summed E-state index contributed by atoms with van der Waals surface area (Å²) in [6, 6.07) is 5.27. The zero-order valence-corrected chi connectivity index (χ0v) is 10.3. The van der Waals surface area contributed by atoms with Crippen molar-refractivity contribution in [1.29, 1.82) is 0 Å². The molecule has 0 saturated heterocycles. The van der Waals surface area contributed by atoms with Gasteiger partial charge in [-0.15, -0.1) is 0 Å². The molecule has 2 N–H and O–H groups in total. The highest BCUT2D eigenvalue weighted by Gasteiger charge is 2.22. The van der Waals surface area contributed by atoms with Crippen LogP contribution in [0.4, 0.5) is 11.4 Å². The molecule has 1 aliphatic rings. The number of nitrogen functional groups attached to an aromatic ring is 1. The van der Waals surface area contributed by atoms with E-state index in [2.05, 4.69) is 0 Å². The number of ether oxygens (including phenoxy) is 1. The van der Waals surface area contributed by atoms with E-state index in [4.69, 9.17) is 10.5 Å². The predicted octanol–water partition coefficient (Wildman–Crippen LogP) is 2.04. The van der Waals surface area contributed by atoms with E-state index in [1.165, 1.54) is 0 Å². The smallest absolute Gasteiger partial charge is 0.338 e. The summed E-state index contributed by atoms with van der Waals surface area (Å²) in [6.07, 6.45) is 3.23. The number of anilines is 2. The van der Waals surface area contributed by atoms with Gasteiger partial charge in [-0.05, 0) is 37.5 Å². The first kappa shape index (κ1) is 11.8. The number of esters is 1. The molecule has 1 aromatic rings. The molecule has 0 radical (unpaired) electrons. The molecule has 0 aromatic heterocycles. The first-order valence-corrected chi connectivity index (χ1v) is 5.86. The molecule has 1 aromatic carbocycles. The highest BCUT2D eigenvalue weighted by molar-refractivity contribution is 5.92. The van der Waals surface area contributed by atoms with Crippen LogP contribution in [-0.4, -0.2) is 26.2 Å². The van der Waals surface area contributed by atoms with Crippen LogP contribution in [-0.2, 0) is 4.74 Å². The van der Waals surface area contributed by atoms with Gasteiger partial charge in [0.15, 0.2) is 0 Å². The van der Waals surface area contributed by atoms with Crippen molar-refractivity contribution in [2.75, 3.05) is 24.7 Å². The zero-order chi connectivity index (χ0) is 12.4. The van der Waals surface area contributed by atoms with E-state index >= 15 is 0 Å². The Morgan fingerprint density at radius 2 is 2.12 bits per heavy atom. The van der Waals surface area contributed by atoms with Gasteiger partial charge in [0.25, 0.3) is 0 Å². The largest absolute Gasteiger partial charge is 0.459 e. The van der Waals surface area contributed by atoms with Crippen LogP contribution in [0.25, 0.3) is 0 Å². The van der Waals surface area contributed by atoms with Crippen LogP contribution < -0.4 is 10.6 Å². The second kappa shape index (κ2) is 4.65. The molecule has 0 unspecified atom stereocenters. The summed E-state index contributed by atoms with van der Waals surface area (Å²) in [5.41, 5.74) is 7.92. The average Bonchev–Trinajstić information content (AvgIpc) is 2.22. The molecule has 0 heterocycles. The van der Waals surface area contributed by atoms with Crippen molar-refractivity contribution in [3.63, 3.8) is 0 Å². The van der Waals surface area contributed by atoms with Crippen molar-refractivity contribution in [1.82, 2.24) is 0 Å². The molecule has 1 saturated carbocycles. The Morgan fingerprint density at radius 3 is 2.59 bits per heavy atom. The van der Waals surface area contributed by atoms with Crippen LogP contribution in [0.3, 0.4) is 0 Å². The average molecular weight is 234 g/mol. The first-order chi connectivity index (χ1) is 8.08. The molecule has 0 spiro atoms. The molecule has 0 amide bonds. The summed E-state index contributed by atoms with van der Waals surface area (Å²) in [5.74, 6) is -0.272. The first-order valence-electron chi connectivity index (χ1n) is 5.86. The zero-order valence-electron chi connectivity index (χ0n) is 10.3. The number of hydrogen-bond acceptors (Lipinski definition) is 4. The summed E-state index contributed by atoms with van der Waals surface area (Å²) < 4.78 is 5.32. The third-order valence-corrected chi connectivity index (χ3v) is 3.07. The van der Waals surface area contributed by atoms with Crippen molar-refractivity contribution in [3.8, 4) is 0 Å². The minimum atomic E-state index is -0.272. The van der Waals surface area contributed by atoms with Crippen LogP contribution in [0.5, 0.6) is 0 Å². The van der Waals surface area contributed by atoms with Crippen LogP contribution in [0.1, 0.15) is 29.6 Å². The lowest BCUT2D eigenvalue weighted by Gasteiger charge is -2.25. The Morgan fingerprint density at radius 1 is 1.41 bits per heavy atom. The standard InChI is InChI=1S/C13H18N2O2/c1-15(2)12-7-6-9(8-11(12)14)13(16)17-10-4-3-5-10/h6-8,10H,3-5,14H2,1-2H3. The molecule has 1 fully saturated rings. The van der Waals surface area contributed by atoms with Gasteiger partial charge in [-0.25, -0.2) is 4.79 Å². The molecule has 92 valence electrons. The monoisotopic (exact) mass is 234 g/mol. The van der Waals surface area contributed by atoms with Gasteiger partial charge in [0.05, 0.1) is 16.9 Å². The fourth-order valence-electron chi connectivity index (χ4n) is 1.80. The maximum atomic E-state index is 11.8. The molecular formula is C13H18N2O2. The highest BCUT2D eigenvalue weighted by Crippen LogP contribution is 2.26. The SMILES string of the molecule is CN(C)c1ccc(C(=O)OC2CCC2)cc1N. The summed E-state index contributed by atoms with van der Waals surface area (Å²) in [4.78, 5) is 13.7. The molecule has 17 heavy (non-hydrogen) atoms. The molecule has 0 aliphatic heterocycles. The lowest BCUT2D eigenvalue weighted by molar-refractivity contribution is 0.00902. The normalized spacial score (nSPS) is 15.2. The lowest BCUT2D eigenvalue weighted by Crippen LogP contribution is -2.25. The van der Waals surface area contributed by atoms with E-state index in [0.717, 1.165) is 24.9 Å². The van der Waals surface area contributed by atoms with E-state index in [-0.39, 0.29) is 12.1 Å². The van der Waals surface area contributed by atoms with Gasteiger partial charge >= 0.3 is 5.97 Å². The van der Waals surface area contributed by atoms with Gasteiger partial charge in [0.2, 0.25) is 0 Å². The Hall–Kier alpha value is -1.71. The van der Waals surface area contributed by atoms with Crippen LogP contribution in [0, 0.1) is 0 Å². The molecular weight excluding hydrogens is 216 g/mol. The quantitative estimate of drug-likeness (QED) is 0.642. The van der Waals surface area contributed by atoms with Gasteiger partial charge in [-0.2, -0.15) is 0 Å². The molecule has 4 heteroatoms. The van der Waals surface area contributed by atoms with Crippen LogP contribution >= 0.6 is 0 Å². The second-order valence-corrected chi connectivity index (χ2v) is 4.63. The number of nitrogens with two attached hydrogens (primary N) is 1. The van der Waals surface area contributed by atoms with E-state index in [1.807, 2.05) is 25.1 Å². The number of hydrogen-bond donors (Lipinski definition) is 1. The number of carbonyl (C=O) groups is 1. The number of nitrogens with zero attached hydrogens (tertiary/aromatic N) is 1. The number of rotatable bonds is 3. The maximum Gasteiger partial charge on any atom is 0.338 e. The van der Waals surface area contributed by atoms with E-state index in [9.17, 15) is 4.79 Å². The lowest BCUT2D eigenvalue weighted by atomic mass is 9.96. The predicted molar refractivity (Wildman–Crippen MR) is 68.2 cm³/mol. The van der Waals surface area contributed by atoms with E-state index in [1.54, 1.807) is 12.1 Å². The third-order valence-electron chi connectivity index (χ3n) is 3.07. The van der Waals surface area contributed by atoms with Gasteiger partial charge in [-0.1, -0.05) is 0 Å². The number of benzene rings is 1. The van der Waals surface area contributed by atoms with Crippen molar-refractivity contribution in [2.45, 2.75) is 25.4 Å². The van der Waals surface area contributed by atoms with Gasteiger partial charge in [0.1, 0.15) is 6.10 Å². The Labute approximate surface area is 101 Å². The third kappa shape index (κ3) is 2.52. The summed E-state index contributed by atoms with van der Waals surface area (Å²) in [6.45, 7) is 0. The topological polar surface area (TPSA) is 55.6 Å². The molecule has 4 nitrogen and oxygen atoms in total. The minimum Gasteiger partial charge on any atom is -0.459 e. The van der Waals surface area contributed by atoms with Crippen LogP contribution in [0.2, 0.25) is 0 Å². The van der Waals surface area contributed by atoms with Crippen LogP contribution in [0.15, 0.2) is 18.2 Å². The van der Waals surface area contributed by atoms with Crippen molar-refractivity contribution >= 4 is 17.3 Å². The van der Waals surface area contributed by atoms with Crippen molar-refractivity contribution < 1.29 is 9.53 Å². The summed E-state index contributed by atoms with van der Waals surface area (Å²) in [5, 5.41) is 0. The number of carbonyl (C=O) groups excluding carboxylic acids is 1. The molecule has 0 atom stereocenters. The summed E-state index contributed by atoms with van der Waals surface area (Å²) >= 11 is 0.